The van der Waals surface area contributed by atoms with Gasteiger partial charge in [-0.2, -0.15) is 0 Å². The summed E-state index contributed by atoms with van der Waals surface area (Å²) in [4.78, 5) is 0. The molecule has 5 nitrogen and oxygen atoms in total. The van der Waals surface area contributed by atoms with Crippen LogP contribution in [0, 0.1) is 0 Å². The number of halogens is 1. The quantitative estimate of drug-likeness (QED) is 0.891. The van der Waals surface area contributed by atoms with Gasteiger partial charge in [0, 0.05) is 5.92 Å². The average molecular weight is 242 g/mol. The number of nitrogens with zero attached hydrogens (tertiary/aromatic N) is 2. The Hall–Kier alpha value is -1.49. The molecule has 6 heteroatoms. The van der Waals surface area contributed by atoms with E-state index in [9.17, 15) is 0 Å². The number of rotatable bonds is 4. The van der Waals surface area contributed by atoms with E-state index in [2.05, 4.69) is 15.5 Å². The van der Waals surface area contributed by atoms with Crippen molar-refractivity contribution >= 4 is 17.6 Å². The van der Waals surface area contributed by atoms with Crippen molar-refractivity contribution in [1.82, 2.24) is 10.2 Å². The summed E-state index contributed by atoms with van der Waals surface area (Å²) >= 11 is 5.64. The molecule has 16 heavy (non-hydrogen) atoms. The summed E-state index contributed by atoms with van der Waals surface area (Å²) in [5.74, 6) is 1.55. The predicted octanol–water partition coefficient (Wildman–Crippen LogP) is 3.05. The molecule has 0 saturated heterocycles. The van der Waals surface area contributed by atoms with E-state index < -0.39 is 0 Å². The second-order valence-corrected chi connectivity index (χ2v) is 4.03. The number of hydrogen-bond acceptors (Lipinski definition) is 5. The molecule has 0 unspecified atom stereocenters. The third-order valence-electron chi connectivity index (χ3n) is 1.98. The van der Waals surface area contributed by atoms with Crippen molar-refractivity contribution in [2.75, 3.05) is 5.32 Å². The molecule has 2 heterocycles. The molecule has 0 spiro atoms. The summed E-state index contributed by atoms with van der Waals surface area (Å²) in [5.41, 5.74) is 0. The molecular weight excluding hydrogens is 230 g/mol. The van der Waals surface area contributed by atoms with E-state index in [1.807, 2.05) is 13.8 Å². The van der Waals surface area contributed by atoms with Gasteiger partial charge in [0.2, 0.25) is 5.89 Å². The lowest BCUT2D eigenvalue weighted by atomic mass is 10.2. The number of aromatic nitrogens is 2. The summed E-state index contributed by atoms with van der Waals surface area (Å²) in [6.07, 6.45) is 0. The minimum Gasteiger partial charge on any atom is -0.448 e. The van der Waals surface area contributed by atoms with Gasteiger partial charge in [0.1, 0.15) is 5.76 Å². The van der Waals surface area contributed by atoms with Gasteiger partial charge < -0.3 is 14.2 Å². The topological polar surface area (TPSA) is 64.1 Å². The van der Waals surface area contributed by atoms with Crippen molar-refractivity contribution in [2.24, 2.45) is 0 Å². The molecule has 2 aromatic rings. The van der Waals surface area contributed by atoms with Crippen LogP contribution in [-0.2, 0) is 6.54 Å². The van der Waals surface area contributed by atoms with Crippen molar-refractivity contribution in [2.45, 2.75) is 26.3 Å². The van der Waals surface area contributed by atoms with E-state index >= 15 is 0 Å². The third-order valence-corrected chi connectivity index (χ3v) is 2.18. The van der Waals surface area contributed by atoms with E-state index in [-0.39, 0.29) is 5.92 Å². The van der Waals surface area contributed by atoms with Crippen molar-refractivity contribution in [1.29, 1.82) is 0 Å². The maximum absolute atomic E-state index is 5.64. The fourth-order valence-corrected chi connectivity index (χ4v) is 1.31. The molecule has 2 aromatic heterocycles. The SMILES string of the molecule is CC(C)c1nnc(NCc2ccc(Cl)o2)o1. The van der Waals surface area contributed by atoms with Gasteiger partial charge in [0.25, 0.3) is 0 Å². The highest BCUT2D eigenvalue weighted by molar-refractivity contribution is 6.28. The smallest absolute Gasteiger partial charge is 0.315 e. The molecular formula is C10H12ClN3O2. The van der Waals surface area contributed by atoms with Gasteiger partial charge in [-0.15, -0.1) is 5.10 Å². The lowest BCUT2D eigenvalue weighted by Gasteiger charge is -1.97. The molecule has 0 amide bonds. The molecule has 0 atom stereocenters. The molecule has 0 aliphatic heterocycles. The van der Waals surface area contributed by atoms with E-state index in [1.165, 1.54) is 0 Å². The third kappa shape index (κ3) is 2.55. The summed E-state index contributed by atoms with van der Waals surface area (Å²) in [7, 11) is 0. The fraction of sp³-hybridized carbons (Fsp3) is 0.400. The van der Waals surface area contributed by atoms with Gasteiger partial charge >= 0.3 is 6.01 Å². The maximum atomic E-state index is 5.64. The van der Waals surface area contributed by atoms with Crippen LogP contribution in [0.4, 0.5) is 6.01 Å². The predicted molar refractivity (Wildman–Crippen MR) is 59.4 cm³/mol. The first-order valence-electron chi connectivity index (χ1n) is 4.96. The number of hydrogen-bond donors (Lipinski definition) is 1. The normalized spacial score (nSPS) is 11.0. The average Bonchev–Trinajstić information content (AvgIpc) is 2.83. The van der Waals surface area contributed by atoms with Crippen LogP contribution in [0.1, 0.15) is 31.4 Å². The Balaban J connectivity index is 1.94. The van der Waals surface area contributed by atoms with Crippen LogP contribution >= 0.6 is 11.6 Å². The second-order valence-electron chi connectivity index (χ2n) is 3.66. The number of furan rings is 1. The first-order valence-corrected chi connectivity index (χ1v) is 5.34. The highest BCUT2D eigenvalue weighted by Crippen LogP contribution is 2.17. The lowest BCUT2D eigenvalue weighted by molar-refractivity contribution is 0.474. The Kier molecular flexibility index (Phi) is 3.14. The van der Waals surface area contributed by atoms with Gasteiger partial charge in [0.05, 0.1) is 6.54 Å². The Bertz CT molecular complexity index is 464. The number of nitrogens with one attached hydrogen (secondary N) is 1. The Morgan fingerprint density at radius 3 is 2.69 bits per heavy atom. The zero-order valence-corrected chi connectivity index (χ0v) is 9.78. The van der Waals surface area contributed by atoms with Crippen LogP contribution in [0.15, 0.2) is 21.0 Å². The fourth-order valence-electron chi connectivity index (χ4n) is 1.15. The molecule has 2 rings (SSSR count). The monoisotopic (exact) mass is 241 g/mol. The van der Waals surface area contributed by atoms with Crippen LogP contribution in [-0.4, -0.2) is 10.2 Å². The van der Waals surface area contributed by atoms with E-state index in [1.54, 1.807) is 12.1 Å². The van der Waals surface area contributed by atoms with E-state index in [0.29, 0.717) is 29.4 Å². The largest absolute Gasteiger partial charge is 0.448 e. The van der Waals surface area contributed by atoms with E-state index in [0.717, 1.165) is 0 Å². The standard InChI is InChI=1S/C10H12ClN3O2/c1-6(2)9-13-14-10(16-9)12-5-7-3-4-8(11)15-7/h3-4,6H,5H2,1-2H3,(H,12,14). The summed E-state index contributed by atoms with van der Waals surface area (Å²) in [6.45, 7) is 4.44. The maximum Gasteiger partial charge on any atom is 0.315 e. The van der Waals surface area contributed by atoms with Crippen molar-refractivity contribution in [3.8, 4) is 0 Å². The minimum atomic E-state index is 0.223. The van der Waals surface area contributed by atoms with Crippen molar-refractivity contribution < 1.29 is 8.83 Å². The van der Waals surface area contributed by atoms with Gasteiger partial charge in [-0.3, -0.25) is 0 Å². The molecule has 0 saturated carbocycles. The highest BCUT2D eigenvalue weighted by Gasteiger charge is 2.09. The first-order chi connectivity index (χ1) is 7.65. The van der Waals surface area contributed by atoms with E-state index in [4.69, 9.17) is 20.4 Å². The summed E-state index contributed by atoms with van der Waals surface area (Å²) < 4.78 is 10.5. The van der Waals surface area contributed by atoms with Crippen molar-refractivity contribution in [3.63, 3.8) is 0 Å². The minimum absolute atomic E-state index is 0.223. The Morgan fingerprint density at radius 2 is 2.12 bits per heavy atom. The second kappa shape index (κ2) is 4.57. The molecule has 1 N–H and O–H groups in total. The van der Waals surface area contributed by atoms with Crippen LogP contribution in [0.5, 0.6) is 0 Å². The number of anilines is 1. The van der Waals surface area contributed by atoms with Crippen LogP contribution in [0.25, 0.3) is 0 Å². The van der Waals surface area contributed by atoms with Crippen LogP contribution in [0.3, 0.4) is 0 Å². The zero-order chi connectivity index (χ0) is 11.5. The molecule has 0 fully saturated rings. The van der Waals surface area contributed by atoms with Crippen molar-refractivity contribution in [3.05, 3.63) is 29.0 Å². The summed E-state index contributed by atoms with van der Waals surface area (Å²) in [6, 6.07) is 3.86. The van der Waals surface area contributed by atoms with Crippen LogP contribution < -0.4 is 5.32 Å². The lowest BCUT2D eigenvalue weighted by Crippen LogP contribution is -1.97. The molecule has 0 aliphatic rings. The van der Waals surface area contributed by atoms with Crippen LogP contribution in [0.2, 0.25) is 5.22 Å². The molecule has 0 aliphatic carbocycles. The first kappa shape index (κ1) is 11.0. The molecule has 86 valence electrons. The molecule has 0 aromatic carbocycles. The Morgan fingerprint density at radius 1 is 1.31 bits per heavy atom. The molecule has 0 bridgehead atoms. The van der Waals surface area contributed by atoms with Gasteiger partial charge in [-0.1, -0.05) is 18.9 Å². The van der Waals surface area contributed by atoms with Gasteiger partial charge in [-0.05, 0) is 23.7 Å². The summed E-state index contributed by atoms with van der Waals surface area (Å²) in [5, 5.41) is 11.1. The van der Waals surface area contributed by atoms with Gasteiger partial charge in [-0.25, -0.2) is 0 Å². The highest BCUT2D eigenvalue weighted by atomic mass is 35.5. The molecule has 0 radical (unpaired) electrons. The van der Waals surface area contributed by atoms with Gasteiger partial charge in [0.15, 0.2) is 5.22 Å². The Labute approximate surface area is 97.8 Å². The zero-order valence-electron chi connectivity index (χ0n) is 9.03.